The number of piperidine rings is 1. The van der Waals surface area contributed by atoms with E-state index in [0.717, 1.165) is 39.0 Å². The fourth-order valence-electron chi connectivity index (χ4n) is 3.77. The second-order valence-corrected chi connectivity index (χ2v) is 6.37. The summed E-state index contributed by atoms with van der Waals surface area (Å²) in [6.45, 7) is 4.21. The molecule has 0 aromatic heterocycles. The van der Waals surface area contributed by atoms with E-state index in [9.17, 15) is 5.26 Å². The van der Waals surface area contributed by atoms with Gasteiger partial charge < -0.3 is 4.90 Å². The molecular weight excluding hydrogens is 258 g/mol. The predicted molar refractivity (Wildman–Crippen MR) is 86.3 cm³/mol. The van der Waals surface area contributed by atoms with Gasteiger partial charge in [0.15, 0.2) is 0 Å². The van der Waals surface area contributed by atoms with Gasteiger partial charge in [-0.1, -0.05) is 31.0 Å². The van der Waals surface area contributed by atoms with Crippen LogP contribution in [0.3, 0.4) is 0 Å². The van der Waals surface area contributed by atoms with Gasteiger partial charge in [-0.3, -0.25) is 4.90 Å². The Morgan fingerprint density at radius 3 is 2.05 bits per heavy atom. The van der Waals surface area contributed by atoms with Crippen molar-refractivity contribution in [2.75, 3.05) is 31.1 Å². The van der Waals surface area contributed by atoms with Crippen LogP contribution in [0.2, 0.25) is 0 Å². The smallest absolute Gasteiger partial charge is 0.112 e. The monoisotopic (exact) mass is 283 g/mol. The maximum absolute atomic E-state index is 9.83. The molecule has 0 spiro atoms. The first-order chi connectivity index (χ1) is 10.3. The van der Waals surface area contributed by atoms with E-state index in [2.05, 4.69) is 46.2 Å². The molecule has 0 unspecified atom stereocenters. The molecule has 2 aliphatic heterocycles. The molecule has 0 N–H and O–H groups in total. The number of likely N-dealkylation sites (tertiary alicyclic amines) is 1. The van der Waals surface area contributed by atoms with Gasteiger partial charge >= 0.3 is 0 Å². The van der Waals surface area contributed by atoms with Crippen molar-refractivity contribution < 1.29 is 0 Å². The highest BCUT2D eigenvalue weighted by Gasteiger charge is 2.40. The standard InChI is InChI=1S/C18H25N3/c19-16-18(21-12-6-1-2-7-13-21)10-14-20(15-11-18)17-8-4-3-5-9-17/h3-5,8-9H,1-2,6-7,10-15H2. The lowest BCUT2D eigenvalue weighted by Gasteiger charge is -2.44. The number of rotatable bonds is 2. The molecule has 1 aromatic rings. The van der Waals surface area contributed by atoms with Crippen LogP contribution in [-0.4, -0.2) is 36.6 Å². The summed E-state index contributed by atoms with van der Waals surface area (Å²) in [6, 6.07) is 13.3. The number of hydrogen-bond donors (Lipinski definition) is 0. The summed E-state index contributed by atoms with van der Waals surface area (Å²) in [5.41, 5.74) is 1.08. The zero-order valence-corrected chi connectivity index (χ0v) is 12.8. The van der Waals surface area contributed by atoms with Gasteiger partial charge in [-0.25, -0.2) is 0 Å². The molecule has 112 valence electrons. The first-order valence-electron chi connectivity index (χ1n) is 8.30. The number of hydrogen-bond acceptors (Lipinski definition) is 3. The lowest BCUT2D eigenvalue weighted by Crippen LogP contribution is -2.55. The number of anilines is 1. The maximum Gasteiger partial charge on any atom is 0.112 e. The molecule has 2 fully saturated rings. The molecular formula is C18H25N3. The molecule has 0 aliphatic carbocycles. The predicted octanol–water partition coefficient (Wildman–Crippen LogP) is 3.43. The third-order valence-corrected chi connectivity index (χ3v) is 5.13. The molecule has 0 atom stereocenters. The largest absolute Gasteiger partial charge is 0.371 e. The molecule has 0 amide bonds. The maximum atomic E-state index is 9.83. The van der Waals surface area contributed by atoms with Crippen LogP contribution < -0.4 is 4.90 Å². The van der Waals surface area contributed by atoms with Crippen LogP contribution in [0.4, 0.5) is 5.69 Å². The van der Waals surface area contributed by atoms with Crippen molar-refractivity contribution in [2.45, 2.75) is 44.1 Å². The number of benzene rings is 1. The molecule has 3 heteroatoms. The average Bonchev–Trinajstić information content (AvgIpc) is 2.85. The summed E-state index contributed by atoms with van der Waals surface area (Å²) in [4.78, 5) is 4.91. The highest BCUT2D eigenvalue weighted by molar-refractivity contribution is 5.46. The van der Waals surface area contributed by atoms with Crippen LogP contribution in [0.15, 0.2) is 30.3 Å². The van der Waals surface area contributed by atoms with Crippen molar-refractivity contribution in [1.29, 1.82) is 5.26 Å². The Bertz CT molecular complexity index is 475. The Labute approximate surface area is 128 Å². The van der Waals surface area contributed by atoms with Gasteiger partial charge in [0.1, 0.15) is 5.54 Å². The fraction of sp³-hybridized carbons (Fsp3) is 0.611. The van der Waals surface area contributed by atoms with Crippen molar-refractivity contribution in [3.63, 3.8) is 0 Å². The molecule has 2 saturated heterocycles. The molecule has 21 heavy (non-hydrogen) atoms. The van der Waals surface area contributed by atoms with Crippen molar-refractivity contribution in [1.82, 2.24) is 4.90 Å². The van der Waals surface area contributed by atoms with E-state index in [-0.39, 0.29) is 5.54 Å². The van der Waals surface area contributed by atoms with E-state index in [4.69, 9.17) is 0 Å². The van der Waals surface area contributed by atoms with Gasteiger partial charge in [0.2, 0.25) is 0 Å². The summed E-state index contributed by atoms with van der Waals surface area (Å²) >= 11 is 0. The number of para-hydroxylation sites is 1. The highest BCUT2D eigenvalue weighted by Crippen LogP contribution is 2.32. The number of nitrogens with zero attached hydrogens (tertiary/aromatic N) is 3. The minimum atomic E-state index is -0.213. The summed E-state index contributed by atoms with van der Waals surface area (Å²) in [7, 11) is 0. The average molecular weight is 283 g/mol. The Morgan fingerprint density at radius 1 is 0.857 bits per heavy atom. The van der Waals surface area contributed by atoms with Crippen molar-refractivity contribution in [3.05, 3.63) is 30.3 Å². The summed E-state index contributed by atoms with van der Waals surface area (Å²) in [5.74, 6) is 0. The highest BCUT2D eigenvalue weighted by atomic mass is 15.2. The number of nitriles is 1. The first kappa shape index (κ1) is 14.4. The van der Waals surface area contributed by atoms with Crippen molar-refractivity contribution in [3.8, 4) is 6.07 Å². The fourth-order valence-corrected chi connectivity index (χ4v) is 3.77. The lowest BCUT2D eigenvalue weighted by molar-refractivity contribution is 0.115. The van der Waals surface area contributed by atoms with Crippen LogP contribution in [0, 0.1) is 11.3 Å². The zero-order valence-electron chi connectivity index (χ0n) is 12.8. The minimum Gasteiger partial charge on any atom is -0.371 e. The second kappa shape index (κ2) is 6.49. The quantitative estimate of drug-likeness (QED) is 0.833. The third-order valence-electron chi connectivity index (χ3n) is 5.13. The van der Waals surface area contributed by atoms with Gasteiger partial charge in [0.05, 0.1) is 6.07 Å². The van der Waals surface area contributed by atoms with E-state index >= 15 is 0 Å². The van der Waals surface area contributed by atoms with Crippen LogP contribution in [0.5, 0.6) is 0 Å². The van der Waals surface area contributed by atoms with Gasteiger partial charge in [-0.2, -0.15) is 5.26 Å². The Balaban J connectivity index is 1.68. The van der Waals surface area contributed by atoms with Gasteiger partial charge in [-0.05, 0) is 50.9 Å². The summed E-state index contributed by atoms with van der Waals surface area (Å²) < 4.78 is 0. The molecule has 3 rings (SSSR count). The normalized spacial score (nSPS) is 23.3. The van der Waals surface area contributed by atoms with E-state index < -0.39 is 0 Å². The Kier molecular flexibility index (Phi) is 4.45. The zero-order chi connectivity index (χ0) is 14.5. The van der Waals surface area contributed by atoms with Crippen LogP contribution in [-0.2, 0) is 0 Å². The Hall–Kier alpha value is -1.53. The second-order valence-electron chi connectivity index (χ2n) is 6.37. The molecule has 1 aromatic carbocycles. The van der Waals surface area contributed by atoms with Crippen LogP contribution in [0.1, 0.15) is 38.5 Å². The van der Waals surface area contributed by atoms with Crippen LogP contribution in [0.25, 0.3) is 0 Å². The van der Waals surface area contributed by atoms with E-state index in [1.807, 2.05) is 0 Å². The van der Waals surface area contributed by atoms with E-state index in [0.29, 0.717) is 0 Å². The molecule has 2 heterocycles. The molecule has 3 nitrogen and oxygen atoms in total. The third kappa shape index (κ3) is 3.06. The van der Waals surface area contributed by atoms with Crippen molar-refractivity contribution in [2.24, 2.45) is 0 Å². The minimum absolute atomic E-state index is 0.213. The molecule has 0 radical (unpaired) electrons. The van der Waals surface area contributed by atoms with Gasteiger partial charge in [0.25, 0.3) is 0 Å². The van der Waals surface area contributed by atoms with Crippen molar-refractivity contribution >= 4 is 5.69 Å². The molecule has 2 aliphatic rings. The van der Waals surface area contributed by atoms with Gasteiger partial charge in [-0.15, -0.1) is 0 Å². The van der Waals surface area contributed by atoms with E-state index in [1.165, 1.54) is 31.4 Å². The topological polar surface area (TPSA) is 30.3 Å². The van der Waals surface area contributed by atoms with E-state index in [1.54, 1.807) is 0 Å². The SMILES string of the molecule is N#CC1(N2CCCCCC2)CCN(c2ccccc2)CC1. The first-order valence-corrected chi connectivity index (χ1v) is 8.30. The molecule has 0 saturated carbocycles. The lowest BCUT2D eigenvalue weighted by atomic mass is 9.86. The van der Waals surface area contributed by atoms with Crippen LogP contribution >= 0.6 is 0 Å². The Morgan fingerprint density at radius 2 is 1.48 bits per heavy atom. The van der Waals surface area contributed by atoms with Gasteiger partial charge in [0, 0.05) is 18.8 Å². The summed E-state index contributed by atoms with van der Waals surface area (Å²) in [6.07, 6.45) is 7.11. The summed E-state index contributed by atoms with van der Waals surface area (Å²) in [5, 5.41) is 9.83. The molecule has 0 bridgehead atoms.